The predicted octanol–water partition coefficient (Wildman–Crippen LogP) is 6.22. The first-order valence-corrected chi connectivity index (χ1v) is 9.19. The Kier molecular flexibility index (Phi) is 6.63. The highest BCUT2D eigenvalue weighted by Gasteiger charge is 2.31. The van der Waals surface area contributed by atoms with E-state index >= 15 is 0 Å². The van der Waals surface area contributed by atoms with Gasteiger partial charge in [0, 0.05) is 4.90 Å². The number of aryl methyl sites for hydroxylation is 1. The third-order valence-electron chi connectivity index (χ3n) is 3.48. The van der Waals surface area contributed by atoms with Gasteiger partial charge in [-0.3, -0.25) is 4.79 Å². The molecule has 3 nitrogen and oxygen atoms in total. The Bertz CT molecular complexity index is 809. The molecule has 0 heterocycles. The number of benzene rings is 2. The molecule has 0 radical (unpaired) electrons. The number of hydrogen-bond donors (Lipinski definition) is 0. The normalized spacial score (nSPS) is 12.6. The van der Waals surface area contributed by atoms with Crippen LogP contribution in [0.1, 0.15) is 18.1 Å². The molecular formula is C18H16BrF3O3S. The average molecular weight is 449 g/mol. The fraction of sp³-hybridized carbons (Fsp3) is 0.278. The Hall–Kier alpha value is -1.67. The maximum Gasteiger partial charge on any atom is 0.416 e. The van der Waals surface area contributed by atoms with Gasteiger partial charge in [-0.25, -0.2) is 0 Å². The number of methoxy groups -OCH3 is 1. The second kappa shape index (κ2) is 8.35. The summed E-state index contributed by atoms with van der Waals surface area (Å²) in [6.45, 7) is 3.63. The Balaban J connectivity index is 2.23. The molecule has 0 aliphatic rings. The van der Waals surface area contributed by atoms with Gasteiger partial charge in [0.2, 0.25) is 0 Å². The number of ether oxygens (including phenoxy) is 2. The van der Waals surface area contributed by atoms with Gasteiger partial charge in [-0.1, -0.05) is 6.07 Å². The van der Waals surface area contributed by atoms with Gasteiger partial charge >= 0.3 is 12.1 Å². The molecule has 1 unspecified atom stereocenters. The lowest BCUT2D eigenvalue weighted by Gasteiger charge is -2.14. The molecule has 0 saturated carbocycles. The lowest BCUT2D eigenvalue weighted by atomic mass is 10.2. The van der Waals surface area contributed by atoms with Gasteiger partial charge < -0.3 is 9.47 Å². The summed E-state index contributed by atoms with van der Waals surface area (Å²) in [5.41, 5.74) is 0.188. The maximum absolute atomic E-state index is 12.7. The van der Waals surface area contributed by atoms with E-state index in [1.165, 1.54) is 24.9 Å². The monoisotopic (exact) mass is 448 g/mol. The number of alkyl halides is 3. The third-order valence-corrected chi connectivity index (χ3v) is 5.34. The molecule has 2 rings (SSSR count). The van der Waals surface area contributed by atoms with Crippen LogP contribution >= 0.6 is 27.7 Å². The van der Waals surface area contributed by atoms with Gasteiger partial charge in [0.25, 0.3) is 0 Å². The topological polar surface area (TPSA) is 35.5 Å². The summed E-state index contributed by atoms with van der Waals surface area (Å²) in [6, 6.07) is 8.47. The minimum atomic E-state index is -4.42. The van der Waals surface area contributed by atoms with Crippen LogP contribution in [0.15, 0.2) is 45.8 Å². The summed E-state index contributed by atoms with van der Waals surface area (Å²) >= 11 is 4.43. The van der Waals surface area contributed by atoms with Crippen LogP contribution in [0.4, 0.5) is 13.2 Å². The smallest absolute Gasteiger partial charge is 0.416 e. The minimum absolute atomic E-state index is 0.199. The van der Waals surface area contributed by atoms with Gasteiger partial charge in [-0.05, 0) is 65.7 Å². The fourth-order valence-electron chi connectivity index (χ4n) is 2.06. The number of carbonyl (C=O) groups is 1. The van der Waals surface area contributed by atoms with Gasteiger partial charge in [0.05, 0.1) is 17.1 Å². The molecule has 0 bridgehead atoms. The molecule has 2 aromatic carbocycles. The molecule has 0 spiro atoms. The van der Waals surface area contributed by atoms with Crippen molar-refractivity contribution in [1.29, 1.82) is 0 Å². The molecule has 0 saturated heterocycles. The van der Waals surface area contributed by atoms with Gasteiger partial charge in [-0.2, -0.15) is 13.2 Å². The van der Waals surface area contributed by atoms with Gasteiger partial charge in [0.15, 0.2) is 0 Å². The molecule has 8 heteroatoms. The molecule has 140 valence electrons. The lowest BCUT2D eigenvalue weighted by molar-refractivity contribution is -0.139. The largest absolute Gasteiger partial charge is 0.468 e. The molecule has 0 N–H and O–H groups in total. The molecule has 2 aromatic rings. The molecule has 0 amide bonds. The Labute approximate surface area is 162 Å². The molecule has 26 heavy (non-hydrogen) atoms. The lowest BCUT2D eigenvalue weighted by Crippen LogP contribution is -2.14. The second-order valence-corrected chi connectivity index (χ2v) is 7.69. The zero-order valence-corrected chi connectivity index (χ0v) is 16.6. The van der Waals surface area contributed by atoms with E-state index in [0.29, 0.717) is 5.75 Å². The highest BCUT2D eigenvalue weighted by atomic mass is 79.9. The summed E-state index contributed by atoms with van der Waals surface area (Å²) in [4.78, 5) is 12.4. The minimum Gasteiger partial charge on any atom is -0.468 e. The number of hydrogen-bond acceptors (Lipinski definition) is 4. The van der Waals surface area contributed by atoms with Crippen molar-refractivity contribution in [1.82, 2.24) is 0 Å². The van der Waals surface area contributed by atoms with Crippen LogP contribution < -0.4 is 4.74 Å². The van der Waals surface area contributed by atoms with Crippen molar-refractivity contribution in [2.45, 2.75) is 30.2 Å². The number of thioether (sulfide) groups is 1. The van der Waals surface area contributed by atoms with Crippen LogP contribution in [0, 0.1) is 6.92 Å². The highest BCUT2D eigenvalue weighted by molar-refractivity contribution is 9.10. The Morgan fingerprint density at radius 3 is 2.46 bits per heavy atom. The van der Waals surface area contributed by atoms with Crippen LogP contribution in [-0.2, 0) is 15.7 Å². The average Bonchev–Trinajstić information content (AvgIpc) is 2.57. The van der Waals surface area contributed by atoms with Gasteiger partial charge in [-0.15, -0.1) is 11.8 Å². The molecule has 0 fully saturated rings. The summed E-state index contributed by atoms with van der Waals surface area (Å²) in [6.07, 6.45) is -4.42. The zero-order valence-electron chi connectivity index (χ0n) is 14.2. The maximum atomic E-state index is 12.7. The van der Waals surface area contributed by atoms with Crippen molar-refractivity contribution in [2.24, 2.45) is 0 Å². The summed E-state index contributed by atoms with van der Waals surface area (Å²) < 4.78 is 48.8. The van der Waals surface area contributed by atoms with E-state index < -0.39 is 17.0 Å². The van der Waals surface area contributed by atoms with Crippen LogP contribution in [0.5, 0.6) is 11.5 Å². The third kappa shape index (κ3) is 5.17. The highest BCUT2D eigenvalue weighted by Crippen LogP contribution is 2.38. The fourth-order valence-corrected chi connectivity index (χ4v) is 3.53. The summed E-state index contributed by atoms with van der Waals surface area (Å²) in [7, 11) is 1.33. The van der Waals surface area contributed by atoms with Crippen LogP contribution in [0.2, 0.25) is 0 Å². The van der Waals surface area contributed by atoms with Crippen molar-refractivity contribution >= 4 is 33.7 Å². The van der Waals surface area contributed by atoms with Crippen molar-refractivity contribution in [2.75, 3.05) is 7.11 Å². The van der Waals surface area contributed by atoms with E-state index in [-0.39, 0.29) is 16.2 Å². The van der Waals surface area contributed by atoms with E-state index in [1.54, 1.807) is 19.1 Å². The quantitative estimate of drug-likeness (QED) is 0.401. The first-order chi connectivity index (χ1) is 12.1. The van der Waals surface area contributed by atoms with E-state index in [0.717, 1.165) is 22.6 Å². The summed E-state index contributed by atoms with van der Waals surface area (Å²) in [5, 5.41) is -0.397. The van der Waals surface area contributed by atoms with Crippen molar-refractivity contribution in [3.63, 3.8) is 0 Å². The number of esters is 1. The molecular weight excluding hydrogens is 433 g/mol. The van der Waals surface area contributed by atoms with Crippen molar-refractivity contribution < 1.29 is 27.4 Å². The molecule has 1 atom stereocenters. The molecule has 0 aliphatic carbocycles. The van der Waals surface area contributed by atoms with E-state index in [9.17, 15) is 18.0 Å². The van der Waals surface area contributed by atoms with E-state index in [2.05, 4.69) is 15.9 Å². The van der Waals surface area contributed by atoms with Gasteiger partial charge in [0.1, 0.15) is 16.7 Å². The van der Waals surface area contributed by atoms with E-state index in [4.69, 9.17) is 9.47 Å². The van der Waals surface area contributed by atoms with Crippen molar-refractivity contribution in [3.05, 3.63) is 52.0 Å². The van der Waals surface area contributed by atoms with Crippen LogP contribution in [0.25, 0.3) is 0 Å². The first-order valence-electron chi connectivity index (χ1n) is 7.51. The Morgan fingerprint density at radius 2 is 1.88 bits per heavy atom. The number of rotatable bonds is 5. The zero-order chi connectivity index (χ0) is 19.5. The number of carbonyl (C=O) groups excluding carboxylic acids is 1. The van der Waals surface area contributed by atoms with Crippen LogP contribution in [0.3, 0.4) is 0 Å². The molecule has 0 aliphatic heterocycles. The predicted molar refractivity (Wildman–Crippen MR) is 97.7 cm³/mol. The first kappa shape index (κ1) is 20.6. The summed E-state index contributed by atoms with van der Waals surface area (Å²) in [5.74, 6) is 0.376. The van der Waals surface area contributed by atoms with E-state index in [1.807, 2.05) is 13.0 Å². The SMILES string of the molecule is COC(=O)C(C)Sc1cc(Oc2ccc(C(F)(F)F)cc2Br)ccc1C. The Morgan fingerprint density at radius 1 is 1.19 bits per heavy atom. The second-order valence-electron chi connectivity index (χ2n) is 5.46. The molecule has 0 aromatic heterocycles. The van der Waals surface area contributed by atoms with Crippen molar-refractivity contribution in [3.8, 4) is 11.5 Å². The standard InChI is InChI=1S/C18H16BrF3O3S/c1-10-4-6-13(9-16(10)26-11(2)17(23)24-3)25-15-7-5-12(8-14(15)19)18(20,21)22/h4-9,11H,1-3H3. The number of halogens is 4. The van der Waals surface area contributed by atoms with Crippen LogP contribution in [-0.4, -0.2) is 18.3 Å².